The van der Waals surface area contributed by atoms with Gasteiger partial charge in [-0.25, -0.2) is 0 Å². The third-order valence-corrected chi connectivity index (χ3v) is 3.89. The van der Waals surface area contributed by atoms with Crippen molar-refractivity contribution in [1.82, 2.24) is 9.88 Å². The molecule has 0 radical (unpaired) electrons. The highest BCUT2D eigenvalue weighted by Gasteiger charge is 2.33. The second-order valence-corrected chi connectivity index (χ2v) is 6.27. The summed E-state index contributed by atoms with van der Waals surface area (Å²) in [4.78, 5) is 29.6. The van der Waals surface area contributed by atoms with Crippen LogP contribution >= 0.6 is 24.0 Å². The third-order valence-electron chi connectivity index (χ3n) is 2.51. The Kier molecular flexibility index (Phi) is 5.08. The monoisotopic (exact) mass is 322 g/mol. The van der Waals surface area contributed by atoms with Crippen LogP contribution in [0.1, 0.15) is 19.4 Å². The van der Waals surface area contributed by atoms with Gasteiger partial charge >= 0.3 is 5.97 Å². The minimum Gasteiger partial charge on any atom is -0.462 e. The topological polar surface area (TPSA) is 59.5 Å². The molecule has 2 rings (SSSR count). The molecule has 0 aromatic carbocycles. The van der Waals surface area contributed by atoms with Crippen molar-refractivity contribution in [2.45, 2.75) is 20.0 Å². The lowest BCUT2D eigenvalue weighted by Crippen LogP contribution is -2.35. The number of aromatic nitrogens is 1. The van der Waals surface area contributed by atoms with E-state index < -0.39 is 5.97 Å². The molecule has 7 heteroatoms. The van der Waals surface area contributed by atoms with Crippen molar-refractivity contribution in [1.29, 1.82) is 0 Å². The Labute approximate surface area is 132 Å². The maximum atomic E-state index is 12.3. The second-order valence-electron chi connectivity index (χ2n) is 4.59. The van der Waals surface area contributed by atoms with Gasteiger partial charge in [0.15, 0.2) is 0 Å². The molecule has 5 nitrogen and oxygen atoms in total. The summed E-state index contributed by atoms with van der Waals surface area (Å²) >= 11 is 6.32. The number of amides is 1. The quantitative estimate of drug-likeness (QED) is 0.481. The van der Waals surface area contributed by atoms with E-state index in [1.54, 1.807) is 38.4 Å². The predicted molar refractivity (Wildman–Crippen MR) is 85.3 cm³/mol. The summed E-state index contributed by atoms with van der Waals surface area (Å²) in [6.07, 6.45) is 4.80. The first-order valence-electron chi connectivity index (χ1n) is 6.32. The molecule has 1 aliphatic rings. The van der Waals surface area contributed by atoms with Gasteiger partial charge in [-0.1, -0.05) is 30.0 Å². The smallest absolute Gasteiger partial charge is 0.326 e. The van der Waals surface area contributed by atoms with Gasteiger partial charge in [-0.3, -0.25) is 19.5 Å². The van der Waals surface area contributed by atoms with E-state index in [1.165, 1.54) is 16.7 Å². The third kappa shape index (κ3) is 4.12. The molecule has 0 spiro atoms. The molecule has 1 saturated heterocycles. The number of rotatable bonds is 4. The number of nitrogens with zero attached hydrogens (tertiary/aromatic N) is 2. The molecule has 1 fully saturated rings. The molecule has 1 amide bonds. The summed E-state index contributed by atoms with van der Waals surface area (Å²) in [5.41, 5.74) is 0.808. The van der Waals surface area contributed by atoms with Crippen LogP contribution < -0.4 is 0 Å². The van der Waals surface area contributed by atoms with E-state index >= 15 is 0 Å². The van der Waals surface area contributed by atoms with Crippen LogP contribution in [-0.2, 0) is 14.3 Å². The molecule has 0 aliphatic carbocycles. The predicted octanol–water partition coefficient (Wildman–Crippen LogP) is 2.23. The number of thioether (sulfide) groups is 1. The fourth-order valence-electron chi connectivity index (χ4n) is 1.68. The average Bonchev–Trinajstić information content (AvgIpc) is 2.67. The van der Waals surface area contributed by atoms with E-state index in [-0.39, 0.29) is 18.6 Å². The molecule has 21 heavy (non-hydrogen) atoms. The van der Waals surface area contributed by atoms with Crippen molar-refractivity contribution in [3.8, 4) is 0 Å². The van der Waals surface area contributed by atoms with E-state index in [0.29, 0.717) is 9.23 Å². The Bertz CT molecular complexity index is 599. The van der Waals surface area contributed by atoms with Crippen molar-refractivity contribution in [2.75, 3.05) is 6.54 Å². The highest BCUT2D eigenvalue weighted by molar-refractivity contribution is 8.26. The maximum absolute atomic E-state index is 12.3. The molecular formula is C14H14N2O3S2. The van der Waals surface area contributed by atoms with Gasteiger partial charge in [0.1, 0.15) is 10.9 Å². The zero-order chi connectivity index (χ0) is 15.4. The van der Waals surface area contributed by atoms with Crippen molar-refractivity contribution in [3.05, 3.63) is 35.0 Å². The number of hydrogen-bond donors (Lipinski definition) is 0. The van der Waals surface area contributed by atoms with Crippen LogP contribution in [0.5, 0.6) is 0 Å². The summed E-state index contributed by atoms with van der Waals surface area (Å²) in [6, 6.07) is 3.62. The van der Waals surface area contributed by atoms with Crippen LogP contribution in [0.15, 0.2) is 29.4 Å². The van der Waals surface area contributed by atoms with Crippen LogP contribution in [0.2, 0.25) is 0 Å². The Morgan fingerprint density at radius 2 is 2.33 bits per heavy atom. The molecular weight excluding hydrogens is 308 g/mol. The average molecular weight is 322 g/mol. The Balaban J connectivity index is 2.10. The Morgan fingerprint density at radius 1 is 1.57 bits per heavy atom. The van der Waals surface area contributed by atoms with Crippen LogP contribution in [0.25, 0.3) is 6.08 Å². The largest absolute Gasteiger partial charge is 0.462 e. The first-order chi connectivity index (χ1) is 9.97. The van der Waals surface area contributed by atoms with E-state index in [0.717, 1.165) is 5.56 Å². The zero-order valence-electron chi connectivity index (χ0n) is 11.6. The number of hydrogen-bond acceptors (Lipinski definition) is 6. The molecule has 1 aliphatic heterocycles. The molecule has 0 atom stereocenters. The van der Waals surface area contributed by atoms with Crippen molar-refractivity contribution < 1.29 is 14.3 Å². The fourth-order valence-corrected chi connectivity index (χ4v) is 2.93. The van der Waals surface area contributed by atoms with Crippen LogP contribution in [0.3, 0.4) is 0 Å². The number of pyridine rings is 1. The number of esters is 1. The van der Waals surface area contributed by atoms with E-state index in [2.05, 4.69) is 4.98 Å². The summed E-state index contributed by atoms with van der Waals surface area (Å²) in [5, 5.41) is 0. The van der Waals surface area contributed by atoms with Gasteiger partial charge in [-0.2, -0.15) is 0 Å². The molecule has 110 valence electrons. The fraction of sp³-hybridized carbons (Fsp3) is 0.286. The first kappa shape index (κ1) is 15.7. The molecule has 1 aromatic heterocycles. The molecule has 0 bridgehead atoms. The van der Waals surface area contributed by atoms with Crippen molar-refractivity contribution in [3.63, 3.8) is 0 Å². The lowest BCUT2D eigenvalue weighted by Gasteiger charge is -2.14. The first-order valence-corrected chi connectivity index (χ1v) is 7.54. The summed E-state index contributed by atoms with van der Waals surface area (Å²) < 4.78 is 5.39. The number of thiocarbonyl (C=S) groups is 1. The highest BCUT2D eigenvalue weighted by Crippen LogP contribution is 2.32. The van der Waals surface area contributed by atoms with Gasteiger partial charge in [0.05, 0.1) is 11.0 Å². The van der Waals surface area contributed by atoms with Gasteiger partial charge in [0, 0.05) is 12.4 Å². The minimum atomic E-state index is -0.469. The van der Waals surface area contributed by atoms with Gasteiger partial charge in [0.25, 0.3) is 5.91 Å². The number of ether oxygens (including phenoxy) is 1. The minimum absolute atomic E-state index is 0.159. The molecule has 0 N–H and O–H groups in total. The second kappa shape index (κ2) is 6.82. The SMILES string of the molecule is CC(C)OC(=O)CN1C(=O)/C(=C/c2cccnc2)SC1=S. The summed E-state index contributed by atoms with van der Waals surface area (Å²) in [6.45, 7) is 3.35. The van der Waals surface area contributed by atoms with Crippen LogP contribution in [-0.4, -0.2) is 38.7 Å². The maximum Gasteiger partial charge on any atom is 0.326 e. The lowest BCUT2D eigenvalue weighted by atomic mass is 10.2. The highest BCUT2D eigenvalue weighted by atomic mass is 32.2. The van der Waals surface area contributed by atoms with Gasteiger partial charge in [-0.05, 0) is 31.6 Å². The van der Waals surface area contributed by atoms with Crippen LogP contribution in [0.4, 0.5) is 0 Å². The van der Waals surface area contributed by atoms with E-state index in [9.17, 15) is 9.59 Å². The number of carbonyl (C=O) groups is 2. The van der Waals surface area contributed by atoms with Crippen molar-refractivity contribution in [2.24, 2.45) is 0 Å². The van der Waals surface area contributed by atoms with Crippen molar-refractivity contribution >= 4 is 46.3 Å². The lowest BCUT2D eigenvalue weighted by molar-refractivity contribution is -0.149. The molecule has 1 aromatic rings. The normalized spacial score (nSPS) is 16.9. The molecule has 2 heterocycles. The standard InChI is InChI=1S/C14H14N2O3S2/c1-9(2)19-12(17)8-16-13(18)11(21-14(16)20)6-10-4-3-5-15-7-10/h3-7,9H,8H2,1-2H3/b11-6-. The summed E-state index contributed by atoms with van der Waals surface area (Å²) in [5.74, 6) is -0.751. The van der Waals surface area contributed by atoms with Gasteiger partial charge < -0.3 is 4.74 Å². The molecule has 0 saturated carbocycles. The Hall–Kier alpha value is -1.73. The van der Waals surface area contributed by atoms with E-state index in [1.807, 2.05) is 6.07 Å². The summed E-state index contributed by atoms with van der Waals surface area (Å²) in [7, 11) is 0. The number of carbonyl (C=O) groups excluding carboxylic acids is 2. The Morgan fingerprint density at radius 3 is 2.95 bits per heavy atom. The van der Waals surface area contributed by atoms with E-state index in [4.69, 9.17) is 17.0 Å². The molecule has 0 unspecified atom stereocenters. The zero-order valence-corrected chi connectivity index (χ0v) is 13.2. The van der Waals surface area contributed by atoms with Gasteiger partial charge in [-0.15, -0.1) is 0 Å². The van der Waals surface area contributed by atoms with Gasteiger partial charge in [0.2, 0.25) is 0 Å². The van der Waals surface area contributed by atoms with Crippen LogP contribution in [0, 0.1) is 0 Å².